The number of aromatic nitrogens is 1. The topological polar surface area (TPSA) is 82.5 Å². The Kier molecular flexibility index (Phi) is 2.97. The van der Waals surface area contributed by atoms with Gasteiger partial charge in [-0.1, -0.05) is 11.6 Å². The molecule has 0 bridgehead atoms. The summed E-state index contributed by atoms with van der Waals surface area (Å²) in [5.41, 5.74) is -3.37. The molecule has 1 aromatic heterocycles. The maximum atomic E-state index is 12.6. The molecule has 0 spiro atoms. The minimum Gasteiger partial charge on any atom is -0.505 e. The van der Waals surface area contributed by atoms with Gasteiger partial charge in [0.1, 0.15) is 0 Å². The first-order valence-corrected chi connectivity index (χ1v) is 5.12. The number of alkyl halides is 3. The molecular weight excluding hydrogens is 289 g/mol. The van der Waals surface area contributed by atoms with Crippen LogP contribution in [0, 0.1) is 4.91 Å². The van der Waals surface area contributed by atoms with Crippen LogP contribution < -0.4 is 5.56 Å². The number of halogens is 4. The second kappa shape index (κ2) is 4.23. The highest BCUT2D eigenvalue weighted by atomic mass is 35.5. The quantitative estimate of drug-likeness (QED) is 0.791. The number of H-pyrrole nitrogens is 1. The zero-order valence-electron chi connectivity index (χ0n) is 8.88. The predicted octanol–water partition coefficient (Wildman–Crippen LogP) is 3.30. The standard InChI is InChI=1S/C10H4ClF3N2O3/c11-5-1-3-6(2-4(5)10(12,13)14)15-9(18)7(16-19)8(3)17/h1-2H,(H2,15,17,18). The molecule has 5 nitrogen and oxygen atoms in total. The smallest absolute Gasteiger partial charge is 0.417 e. The Morgan fingerprint density at radius 1 is 1.32 bits per heavy atom. The molecule has 19 heavy (non-hydrogen) atoms. The van der Waals surface area contributed by atoms with Gasteiger partial charge in [0.2, 0.25) is 5.69 Å². The molecule has 2 aromatic rings. The number of benzene rings is 1. The van der Waals surface area contributed by atoms with Crippen molar-refractivity contribution in [2.75, 3.05) is 0 Å². The number of nitroso groups, excluding NO2 is 1. The SMILES string of the molecule is O=Nc1c(O)c2cc(Cl)c(C(F)(F)F)cc2[nH]c1=O. The number of nitrogens with one attached hydrogen (secondary N) is 1. The molecule has 0 unspecified atom stereocenters. The van der Waals surface area contributed by atoms with E-state index in [0.717, 1.165) is 6.07 Å². The second-order valence-electron chi connectivity index (χ2n) is 3.62. The van der Waals surface area contributed by atoms with E-state index in [9.17, 15) is 28.0 Å². The van der Waals surface area contributed by atoms with E-state index < -0.39 is 33.8 Å². The van der Waals surface area contributed by atoms with Crippen LogP contribution in [-0.2, 0) is 6.18 Å². The molecule has 0 fully saturated rings. The molecule has 1 heterocycles. The Hall–Kier alpha value is -2.09. The molecule has 0 aliphatic heterocycles. The molecule has 1 aromatic carbocycles. The van der Waals surface area contributed by atoms with E-state index in [1.807, 2.05) is 4.98 Å². The van der Waals surface area contributed by atoms with Crippen LogP contribution in [0.15, 0.2) is 22.1 Å². The molecule has 2 N–H and O–H groups in total. The van der Waals surface area contributed by atoms with E-state index in [4.69, 9.17) is 11.6 Å². The third kappa shape index (κ3) is 2.14. The van der Waals surface area contributed by atoms with Gasteiger partial charge in [0.05, 0.1) is 16.1 Å². The molecule has 0 aliphatic carbocycles. The number of aromatic amines is 1. The van der Waals surface area contributed by atoms with Crippen LogP contribution in [0.25, 0.3) is 10.9 Å². The summed E-state index contributed by atoms with van der Waals surface area (Å²) in [6, 6.07) is 1.38. The largest absolute Gasteiger partial charge is 0.505 e. The molecule has 0 saturated carbocycles. The Morgan fingerprint density at radius 2 is 1.95 bits per heavy atom. The summed E-state index contributed by atoms with van der Waals surface area (Å²) in [4.78, 5) is 23.7. The summed E-state index contributed by atoms with van der Waals surface area (Å²) in [6.07, 6.45) is -4.71. The average molecular weight is 293 g/mol. The van der Waals surface area contributed by atoms with Crippen molar-refractivity contribution < 1.29 is 18.3 Å². The normalized spacial score (nSPS) is 11.8. The molecule has 0 atom stereocenters. The summed E-state index contributed by atoms with van der Waals surface area (Å²) in [5, 5.41) is 11.0. The highest BCUT2D eigenvalue weighted by molar-refractivity contribution is 6.32. The van der Waals surface area contributed by atoms with Crippen molar-refractivity contribution in [3.8, 4) is 5.75 Å². The van der Waals surface area contributed by atoms with E-state index in [1.54, 1.807) is 0 Å². The first-order chi connectivity index (χ1) is 8.75. The van der Waals surface area contributed by atoms with Gasteiger partial charge in [-0.3, -0.25) is 4.79 Å². The lowest BCUT2D eigenvalue weighted by atomic mass is 10.1. The van der Waals surface area contributed by atoms with Crippen LogP contribution in [0.1, 0.15) is 5.56 Å². The number of hydrogen-bond donors (Lipinski definition) is 2. The molecule has 100 valence electrons. The molecular formula is C10H4ClF3N2O3. The van der Waals surface area contributed by atoms with Crippen molar-refractivity contribution in [2.45, 2.75) is 6.18 Å². The number of hydrogen-bond acceptors (Lipinski definition) is 4. The molecule has 9 heteroatoms. The average Bonchev–Trinajstić information content (AvgIpc) is 2.29. The highest BCUT2D eigenvalue weighted by Gasteiger charge is 2.34. The minimum absolute atomic E-state index is 0.202. The molecule has 0 aliphatic rings. The van der Waals surface area contributed by atoms with Crippen LogP contribution in [-0.4, -0.2) is 10.1 Å². The van der Waals surface area contributed by atoms with E-state index in [0.29, 0.717) is 6.07 Å². The fourth-order valence-corrected chi connectivity index (χ4v) is 1.86. The molecule has 0 radical (unpaired) electrons. The van der Waals surface area contributed by atoms with Gasteiger partial charge in [0, 0.05) is 5.39 Å². The van der Waals surface area contributed by atoms with E-state index in [1.165, 1.54) is 0 Å². The van der Waals surface area contributed by atoms with Crippen molar-refractivity contribution in [1.82, 2.24) is 4.98 Å². The van der Waals surface area contributed by atoms with Crippen LogP contribution in [0.4, 0.5) is 18.9 Å². The van der Waals surface area contributed by atoms with Crippen LogP contribution >= 0.6 is 11.6 Å². The van der Waals surface area contributed by atoms with Gasteiger partial charge in [-0.15, -0.1) is 4.91 Å². The van der Waals surface area contributed by atoms with Gasteiger partial charge in [-0.2, -0.15) is 13.2 Å². The number of pyridine rings is 1. The summed E-state index contributed by atoms with van der Waals surface area (Å²) in [7, 11) is 0. The van der Waals surface area contributed by atoms with Crippen molar-refractivity contribution in [3.05, 3.63) is 38.0 Å². The van der Waals surface area contributed by atoms with E-state index in [2.05, 4.69) is 5.18 Å². The van der Waals surface area contributed by atoms with Gasteiger partial charge < -0.3 is 10.1 Å². The highest BCUT2D eigenvalue weighted by Crippen LogP contribution is 2.39. The fourth-order valence-electron chi connectivity index (χ4n) is 1.59. The number of nitrogens with zero attached hydrogens (tertiary/aromatic N) is 1. The minimum atomic E-state index is -4.71. The zero-order chi connectivity index (χ0) is 14.4. The third-order valence-corrected chi connectivity index (χ3v) is 2.76. The van der Waals surface area contributed by atoms with Crippen molar-refractivity contribution >= 4 is 28.2 Å². The summed E-state index contributed by atoms with van der Waals surface area (Å²) >= 11 is 5.46. The lowest BCUT2D eigenvalue weighted by Gasteiger charge is -2.11. The molecule has 2 rings (SSSR count). The van der Waals surface area contributed by atoms with E-state index in [-0.39, 0.29) is 10.9 Å². The number of fused-ring (bicyclic) bond motifs is 1. The second-order valence-corrected chi connectivity index (χ2v) is 4.03. The summed E-state index contributed by atoms with van der Waals surface area (Å²) in [6.45, 7) is 0. The van der Waals surface area contributed by atoms with Gasteiger partial charge >= 0.3 is 6.18 Å². The van der Waals surface area contributed by atoms with Crippen molar-refractivity contribution in [2.24, 2.45) is 5.18 Å². The Labute approximate surface area is 107 Å². The van der Waals surface area contributed by atoms with Gasteiger partial charge in [0.15, 0.2) is 5.75 Å². The maximum absolute atomic E-state index is 12.6. The number of rotatable bonds is 1. The third-order valence-electron chi connectivity index (χ3n) is 2.45. The number of aromatic hydroxyl groups is 1. The monoisotopic (exact) mass is 292 g/mol. The zero-order valence-corrected chi connectivity index (χ0v) is 9.63. The van der Waals surface area contributed by atoms with Crippen molar-refractivity contribution in [1.29, 1.82) is 0 Å². The van der Waals surface area contributed by atoms with Crippen molar-refractivity contribution in [3.63, 3.8) is 0 Å². The van der Waals surface area contributed by atoms with E-state index >= 15 is 0 Å². The van der Waals surface area contributed by atoms with Gasteiger partial charge in [-0.25, -0.2) is 0 Å². The van der Waals surface area contributed by atoms with Gasteiger partial charge in [-0.05, 0) is 17.3 Å². The molecule has 0 saturated heterocycles. The Morgan fingerprint density at radius 3 is 2.47 bits per heavy atom. The predicted molar refractivity (Wildman–Crippen MR) is 61.7 cm³/mol. The maximum Gasteiger partial charge on any atom is 0.417 e. The Balaban J connectivity index is 2.91. The summed E-state index contributed by atoms with van der Waals surface area (Å²) < 4.78 is 37.8. The van der Waals surface area contributed by atoms with Crippen LogP contribution in [0.2, 0.25) is 5.02 Å². The molecule has 0 amide bonds. The van der Waals surface area contributed by atoms with Crippen LogP contribution in [0.3, 0.4) is 0 Å². The van der Waals surface area contributed by atoms with Crippen LogP contribution in [0.5, 0.6) is 5.75 Å². The first-order valence-electron chi connectivity index (χ1n) is 4.74. The summed E-state index contributed by atoms with van der Waals surface area (Å²) in [5.74, 6) is -0.815. The van der Waals surface area contributed by atoms with Gasteiger partial charge in [0.25, 0.3) is 5.56 Å². The fraction of sp³-hybridized carbons (Fsp3) is 0.100. The lowest BCUT2D eigenvalue weighted by molar-refractivity contribution is -0.137. The lowest BCUT2D eigenvalue weighted by Crippen LogP contribution is -2.09. The first kappa shape index (κ1) is 13.3. The Bertz CT molecular complexity index is 739.